The van der Waals surface area contributed by atoms with Crippen molar-refractivity contribution in [2.24, 2.45) is 0 Å². The van der Waals surface area contributed by atoms with Gasteiger partial charge in [0.05, 0.1) is 4.90 Å². The Balaban J connectivity index is 3.28. The Morgan fingerprint density at radius 2 is 2.09 bits per heavy atom. The predicted octanol–water partition coefficient (Wildman–Crippen LogP) is 0.667. The van der Waals surface area contributed by atoms with E-state index in [0.717, 1.165) is 6.26 Å². The summed E-state index contributed by atoms with van der Waals surface area (Å²) >= 11 is 0. The molecule has 0 atom stereocenters. The van der Waals surface area contributed by atoms with E-state index >= 15 is 0 Å². The van der Waals surface area contributed by atoms with Crippen molar-refractivity contribution in [2.75, 3.05) is 6.26 Å². The Kier molecular flexibility index (Phi) is 1.95. The van der Waals surface area contributed by atoms with Crippen LogP contribution in [0.5, 0.6) is 0 Å². The molecule has 0 saturated heterocycles. The number of nitrogens with zero attached hydrogens (tertiary/aromatic N) is 1. The molecular weight excluding hydrogens is 162 g/mol. The summed E-state index contributed by atoms with van der Waals surface area (Å²) in [6, 6.07) is 1.49. The van der Waals surface area contributed by atoms with Crippen molar-refractivity contribution in [1.29, 1.82) is 0 Å². The molecule has 0 amide bonds. The van der Waals surface area contributed by atoms with Crippen molar-refractivity contribution >= 4 is 9.84 Å². The molecule has 0 N–H and O–H groups in total. The Bertz CT molecular complexity index is 356. The van der Waals surface area contributed by atoms with Gasteiger partial charge in [-0.25, -0.2) is 8.42 Å². The monoisotopic (exact) mass is 170 g/mol. The molecule has 11 heavy (non-hydrogen) atoms. The standard InChI is InChI=1S/C7H8NO2S/c1-6-3-7(5-8-4-6)11(2,9)10/h3-5H,1H2,2H3. The van der Waals surface area contributed by atoms with Gasteiger partial charge in [0.2, 0.25) is 0 Å². The lowest BCUT2D eigenvalue weighted by atomic mass is 10.3. The summed E-state index contributed by atoms with van der Waals surface area (Å²) < 4.78 is 21.8. The van der Waals surface area contributed by atoms with Crippen LogP contribution in [-0.4, -0.2) is 19.7 Å². The van der Waals surface area contributed by atoms with Crippen LogP contribution < -0.4 is 0 Å². The number of rotatable bonds is 1. The van der Waals surface area contributed by atoms with Crippen molar-refractivity contribution in [3.8, 4) is 0 Å². The number of pyridine rings is 1. The molecule has 0 fully saturated rings. The lowest BCUT2D eigenvalue weighted by Crippen LogP contribution is -1.97. The molecule has 1 rings (SSSR count). The molecule has 0 aliphatic rings. The van der Waals surface area contributed by atoms with Crippen LogP contribution in [0, 0.1) is 6.92 Å². The van der Waals surface area contributed by atoms with E-state index in [2.05, 4.69) is 11.9 Å². The molecule has 1 heterocycles. The summed E-state index contributed by atoms with van der Waals surface area (Å²) in [5, 5.41) is 0. The second-order valence-electron chi connectivity index (χ2n) is 2.30. The van der Waals surface area contributed by atoms with E-state index in [1.54, 1.807) is 0 Å². The van der Waals surface area contributed by atoms with Crippen LogP contribution in [0.1, 0.15) is 5.56 Å². The first-order valence-electron chi connectivity index (χ1n) is 2.97. The summed E-state index contributed by atoms with van der Waals surface area (Å²) in [7, 11) is -3.13. The average Bonchev–Trinajstić information content (AvgIpc) is 1.86. The van der Waals surface area contributed by atoms with Gasteiger partial charge in [-0.1, -0.05) is 0 Å². The molecule has 4 heteroatoms. The minimum Gasteiger partial charge on any atom is -0.263 e. The predicted molar refractivity (Wildman–Crippen MR) is 41.8 cm³/mol. The molecule has 59 valence electrons. The Hall–Kier alpha value is -0.900. The van der Waals surface area contributed by atoms with E-state index in [1.807, 2.05) is 0 Å². The summed E-state index contributed by atoms with van der Waals surface area (Å²) in [6.07, 6.45) is 3.96. The van der Waals surface area contributed by atoms with Crippen molar-refractivity contribution in [2.45, 2.75) is 4.90 Å². The highest BCUT2D eigenvalue weighted by atomic mass is 32.2. The van der Waals surface area contributed by atoms with Crippen LogP contribution in [0.25, 0.3) is 0 Å². The quantitative estimate of drug-likeness (QED) is 0.622. The molecule has 0 aliphatic heterocycles. The minimum absolute atomic E-state index is 0.213. The molecule has 0 aliphatic carbocycles. The first kappa shape index (κ1) is 8.20. The van der Waals surface area contributed by atoms with Gasteiger partial charge in [0.15, 0.2) is 9.84 Å². The number of aromatic nitrogens is 1. The van der Waals surface area contributed by atoms with Crippen LogP contribution in [0.2, 0.25) is 0 Å². The fourth-order valence-electron chi connectivity index (χ4n) is 0.667. The van der Waals surface area contributed by atoms with Gasteiger partial charge in [0.25, 0.3) is 0 Å². The summed E-state index contributed by atoms with van der Waals surface area (Å²) in [4.78, 5) is 3.92. The highest BCUT2D eigenvalue weighted by Gasteiger charge is 2.05. The molecule has 3 nitrogen and oxygen atoms in total. The van der Waals surface area contributed by atoms with Crippen molar-refractivity contribution in [3.05, 3.63) is 30.9 Å². The lowest BCUT2D eigenvalue weighted by Gasteiger charge is -1.96. The maximum atomic E-state index is 10.9. The molecule has 0 saturated carbocycles. The summed E-state index contributed by atoms with van der Waals surface area (Å²) in [5.41, 5.74) is 0.605. The van der Waals surface area contributed by atoms with E-state index in [-0.39, 0.29) is 4.90 Å². The maximum Gasteiger partial charge on any atom is 0.177 e. The molecule has 0 bridgehead atoms. The van der Waals surface area contributed by atoms with Crippen LogP contribution in [0.15, 0.2) is 23.4 Å². The smallest absolute Gasteiger partial charge is 0.177 e. The van der Waals surface area contributed by atoms with Gasteiger partial charge in [-0.15, -0.1) is 0 Å². The first-order chi connectivity index (χ1) is 5.00. The van der Waals surface area contributed by atoms with E-state index in [1.165, 1.54) is 18.5 Å². The zero-order chi connectivity index (χ0) is 8.48. The zero-order valence-corrected chi connectivity index (χ0v) is 6.93. The van der Waals surface area contributed by atoms with E-state index in [0.29, 0.717) is 5.56 Å². The Labute approximate surface area is 66.0 Å². The van der Waals surface area contributed by atoms with Gasteiger partial charge >= 0.3 is 0 Å². The van der Waals surface area contributed by atoms with Crippen molar-refractivity contribution < 1.29 is 8.42 Å². The van der Waals surface area contributed by atoms with Gasteiger partial charge in [-0.2, -0.15) is 0 Å². The Morgan fingerprint density at radius 1 is 1.45 bits per heavy atom. The minimum atomic E-state index is -3.13. The summed E-state index contributed by atoms with van der Waals surface area (Å²) in [5.74, 6) is 0. The van der Waals surface area contributed by atoms with Crippen LogP contribution >= 0.6 is 0 Å². The molecular formula is C7H8NO2S. The van der Waals surface area contributed by atoms with Crippen molar-refractivity contribution in [3.63, 3.8) is 0 Å². The van der Waals surface area contributed by atoms with Crippen LogP contribution in [0.3, 0.4) is 0 Å². The number of hydrogen-bond donors (Lipinski definition) is 0. The van der Waals surface area contributed by atoms with Gasteiger partial charge in [0, 0.05) is 18.6 Å². The molecule has 0 aromatic carbocycles. The second kappa shape index (κ2) is 2.62. The highest BCUT2D eigenvalue weighted by molar-refractivity contribution is 7.90. The lowest BCUT2D eigenvalue weighted by molar-refractivity contribution is 0.601. The second-order valence-corrected chi connectivity index (χ2v) is 4.32. The van der Waals surface area contributed by atoms with E-state index in [4.69, 9.17) is 0 Å². The molecule has 0 unspecified atom stereocenters. The topological polar surface area (TPSA) is 47.0 Å². The molecule has 1 radical (unpaired) electrons. The van der Waals surface area contributed by atoms with Gasteiger partial charge in [-0.3, -0.25) is 4.98 Å². The van der Waals surface area contributed by atoms with E-state index < -0.39 is 9.84 Å². The molecule has 1 aromatic rings. The largest absolute Gasteiger partial charge is 0.263 e. The third-order valence-electron chi connectivity index (χ3n) is 1.20. The van der Waals surface area contributed by atoms with Crippen LogP contribution in [0.4, 0.5) is 0 Å². The highest BCUT2D eigenvalue weighted by Crippen LogP contribution is 2.07. The van der Waals surface area contributed by atoms with E-state index in [9.17, 15) is 8.42 Å². The van der Waals surface area contributed by atoms with Crippen molar-refractivity contribution in [1.82, 2.24) is 4.98 Å². The SMILES string of the molecule is [CH2]c1cncc(S(C)(=O)=O)c1. The maximum absolute atomic E-state index is 10.9. The average molecular weight is 170 g/mol. The number of hydrogen-bond acceptors (Lipinski definition) is 3. The third kappa shape index (κ3) is 2.01. The fraction of sp³-hybridized carbons (Fsp3) is 0.143. The third-order valence-corrected chi connectivity index (χ3v) is 2.28. The van der Waals surface area contributed by atoms with Gasteiger partial charge in [0.1, 0.15) is 0 Å². The Morgan fingerprint density at radius 3 is 2.45 bits per heavy atom. The fourth-order valence-corrected chi connectivity index (χ4v) is 1.28. The zero-order valence-electron chi connectivity index (χ0n) is 6.11. The molecule has 0 spiro atoms. The normalized spacial score (nSPS) is 11.5. The summed E-state index contributed by atoms with van der Waals surface area (Å²) in [6.45, 7) is 3.57. The molecule has 1 aromatic heterocycles. The van der Waals surface area contributed by atoms with Crippen LogP contribution in [-0.2, 0) is 9.84 Å². The van der Waals surface area contributed by atoms with Gasteiger partial charge in [-0.05, 0) is 18.6 Å². The first-order valence-corrected chi connectivity index (χ1v) is 4.86. The van der Waals surface area contributed by atoms with Gasteiger partial charge < -0.3 is 0 Å². The number of sulfone groups is 1.